The topological polar surface area (TPSA) is 73.7 Å². The van der Waals surface area contributed by atoms with Crippen LogP contribution in [0.15, 0.2) is 41.5 Å². The summed E-state index contributed by atoms with van der Waals surface area (Å²) in [4.78, 5) is 11.9. The molecule has 2 aromatic rings. The van der Waals surface area contributed by atoms with Gasteiger partial charge in [-0.15, -0.1) is 0 Å². The van der Waals surface area contributed by atoms with Crippen LogP contribution in [-0.2, 0) is 0 Å². The third-order valence-electron chi connectivity index (χ3n) is 2.86. The minimum Gasteiger partial charge on any atom is -0.506 e. The maximum Gasteiger partial charge on any atom is 0.271 e. The number of aromatic hydroxyl groups is 1. The highest BCUT2D eigenvalue weighted by atomic mass is 35.5. The summed E-state index contributed by atoms with van der Waals surface area (Å²) in [6, 6.07) is 9.80. The molecule has 0 aliphatic heterocycles. The van der Waals surface area contributed by atoms with Crippen molar-refractivity contribution in [1.82, 2.24) is 5.43 Å². The van der Waals surface area contributed by atoms with Gasteiger partial charge in [0.2, 0.25) is 0 Å². The summed E-state index contributed by atoms with van der Waals surface area (Å²) in [6.45, 7) is 0. The number of halogens is 2. The first kappa shape index (κ1) is 16.1. The lowest BCUT2D eigenvalue weighted by Gasteiger charge is -2.04. The van der Waals surface area contributed by atoms with E-state index in [9.17, 15) is 9.90 Å². The molecule has 0 aromatic heterocycles. The molecule has 0 saturated heterocycles. The van der Waals surface area contributed by atoms with E-state index in [2.05, 4.69) is 15.8 Å². The van der Waals surface area contributed by atoms with Crippen molar-refractivity contribution in [3.8, 4) is 5.75 Å². The number of phenols is 1. The molecular formula is C15H13Cl2N3O2. The van der Waals surface area contributed by atoms with Crippen molar-refractivity contribution in [2.24, 2.45) is 5.10 Å². The first-order valence-corrected chi connectivity index (χ1v) is 7.06. The molecule has 2 rings (SSSR count). The highest BCUT2D eigenvalue weighted by molar-refractivity contribution is 6.36. The monoisotopic (exact) mass is 337 g/mol. The van der Waals surface area contributed by atoms with Crippen LogP contribution in [0.25, 0.3) is 0 Å². The van der Waals surface area contributed by atoms with Gasteiger partial charge >= 0.3 is 0 Å². The third kappa shape index (κ3) is 3.90. The fourth-order valence-corrected chi connectivity index (χ4v) is 2.21. The van der Waals surface area contributed by atoms with Crippen LogP contribution in [0, 0.1) is 0 Å². The van der Waals surface area contributed by atoms with Crippen LogP contribution in [0.1, 0.15) is 15.9 Å². The number of phenolic OH excluding ortho intramolecular Hbond substituents is 1. The van der Waals surface area contributed by atoms with Gasteiger partial charge in [-0.2, -0.15) is 5.10 Å². The highest BCUT2D eigenvalue weighted by Gasteiger charge is 2.07. The van der Waals surface area contributed by atoms with Crippen LogP contribution < -0.4 is 10.7 Å². The molecule has 2 aromatic carbocycles. The van der Waals surface area contributed by atoms with Gasteiger partial charge in [0.1, 0.15) is 5.75 Å². The van der Waals surface area contributed by atoms with E-state index >= 15 is 0 Å². The molecule has 0 atom stereocenters. The molecule has 0 saturated carbocycles. The second-order valence-electron chi connectivity index (χ2n) is 4.35. The van der Waals surface area contributed by atoms with Gasteiger partial charge in [-0.05, 0) is 36.4 Å². The molecule has 3 N–H and O–H groups in total. The maximum atomic E-state index is 11.9. The Labute approximate surface area is 137 Å². The van der Waals surface area contributed by atoms with E-state index in [4.69, 9.17) is 23.2 Å². The number of benzene rings is 2. The van der Waals surface area contributed by atoms with Crippen LogP contribution in [-0.4, -0.2) is 24.3 Å². The lowest BCUT2D eigenvalue weighted by Crippen LogP contribution is -2.17. The Balaban J connectivity index is 2.07. The van der Waals surface area contributed by atoms with Gasteiger partial charge in [0.25, 0.3) is 5.91 Å². The van der Waals surface area contributed by atoms with Gasteiger partial charge in [0, 0.05) is 28.9 Å². The summed E-state index contributed by atoms with van der Waals surface area (Å²) in [7, 11) is 1.79. The first-order valence-electron chi connectivity index (χ1n) is 6.30. The normalized spacial score (nSPS) is 10.7. The number of nitrogens with one attached hydrogen (secondary N) is 2. The Morgan fingerprint density at radius 3 is 2.55 bits per heavy atom. The Morgan fingerprint density at radius 1 is 1.23 bits per heavy atom. The highest BCUT2D eigenvalue weighted by Crippen LogP contribution is 2.29. The maximum absolute atomic E-state index is 11.9. The van der Waals surface area contributed by atoms with E-state index in [1.807, 2.05) is 0 Å². The number of carbonyl (C=O) groups excluding carboxylic acids is 1. The fraction of sp³-hybridized carbons (Fsp3) is 0.0667. The van der Waals surface area contributed by atoms with E-state index in [0.29, 0.717) is 16.1 Å². The van der Waals surface area contributed by atoms with Crippen molar-refractivity contribution in [2.45, 2.75) is 0 Å². The van der Waals surface area contributed by atoms with Gasteiger partial charge in [-0.1, -0.05) is 23.2 Å². The van der Waals surface area contributed by atoms with Crippen LogP contribution in [0.2, 0.25) is 10.0 Å². The number of hydrogen-bond donors (Lipinski definition) is 3. The van der Waals surface area contributed by atoms with E-state index in [0.717, 1.165) is 5.69 Å². The van der Waals surface area contributed by atoms with Crippen LogP contribution >= 0.6 is 23.2 Å². The number of rotatable bonds is 4. The standard InChI is InChI=1S/C15H13Cl2N3O2/c1-18-12-4-2-9(3-5-12)15(22)20-19-8-10-6-11(16)7-13(17)14(10)21/h2-8,18,21H,1H3,(H,20,22)/b19-8+. The third-order valence-corrected chi connectivity index (χ3v) is 3.37. The van der Waals surface area contributed by atoms with E-state index in [1.165, 1.54) is 18.3 Å². The zero-order chi connectivity index (χ0) is 16.1. The second kappa shape index (κ2) is 7.15. The van der Waals surface area contributed by atoms with Gasteiger partial charge in [0.15, 0.2) is 0 Å². The number of amides is 1. The minimum absolute atomic E-state index is 0.114. The molecular weight excluding hydrogens is 325 g/mol. The summed E-state index contributed by atoms with van der Waals surface area (Å²) in [5.41, 5.74) is 4.04. The summed E-state index contributed by atoms with van der Waals surface area (Å²) in [5, 5.41) is 17.0. The average molecular weight is 338 g/mol. The fourth-order valence-electron chi connectivity index (χ4n) is 1.70. The molecule has 0 unspecified atom stereocenters. The number of nitrogens with zero attached hydrogens (tertiary/aromatic N) is 1. The van der Waals surface area contributed by atoms with E-state index < -0.39 is 0 Å². The molecule has 22 heavy (non-hydrogen) atoms. The molecule has 0 fully saturated rings. The number of anilines is 1. The van der Waals surface area contributed by atoms with Gasteiger partial charge in [-0.3, -0.25) is 4.79 Å². The average Bonchev–Trinajstić information content (AvgIpc) is 2.51. The van der Waals surface area contributed by atoms with E-state index in [1.54, 1.807) is 31.3 Å². The number of hydrogen-bond acceptors (Lipinski definition) is 4. The lowest BCUT2D eigenvalue weighted by molar-refractivity contribution is 0.0955. The smallest absolute Gasteiger partial charge is 0.271 e. The second-order valence-corrected chi connectivity index (χ2v) is 5.20. The number of carbonyl (C=O) groups is 1. The zero-order valence-corrected chi connectivity index (χ0v) is 13.1. The summed E-state index contributed by atoms with van der Waals surface area (Å²) in [6.07, 6.45) is 1.27. The Bertz CT molecular complexity index is 715. The van der Waals surface area contributed by atoms with Crippen molar-refractivity contribution in [2.75, 3.05) is 12.4 Å². The minimum atomic E-state index is -0.369. The van der Waals surface area contributed by atoms with Gasteiger partial charge < -0.3 is 10.4 Å². The molecule has 0 spiro atoms. The predicted octanol–water partition coefficient (Wildman–Crippen LogP) is 3.50. The zero-order valence-electron chi connectivity index (χ0n) is 11.6. The molecule has 5 nitrogen and oxygen atoms in total. The van der Waals surface area contributed by atoms with Crippen molar-refractivity contribution in [1.29, 1.82) is 0 Å². The quantitative estimate of drug-likeness (QED) is 0.590. The van der Waals surface area contributed by atoms with Crippen molar-refractivity contribution in [3.63, 3.8) is 0 Å². The molecule has 1 amide bonds. The SMILES string of the molecule is CNc1ccc(C(=O)N/N=C/c2cc(Cl)cc(Cl)c2O)cc1. The lowest BCUT2D eigenvalue weighted by atomic mass is 10.2. The Morgan fingerprint density at radius 2 is 1.91 bits per heavy atom. The Hall–Kier alpha value is -2.24. The molecule has 0 aliphatic carbocycles. The number of hydrazone groups is 1. The molecule has 0 aliphatic rings. The molecule has 114 valence electrons. The van der Waals surface area contributed by atoms with Crippen LogP contribution in [0.5, 0.6) is 5.75 Å². The summed E-state index contributed by atoms with van der Waals surface area (Å²) < 4.78 is 0. The predicted molar refractivity (Wildman–Crippen MR) is 89.2 cm³/mol. The molecule has 0 radical (unpaired) electrons. The van der Waals surface area contributed by atoms with E-state index in [-0.39, 0.29) is 16.7 Å². The van der Waals surface area contributed by atoms with Crippen molar-refractivity contribution in [3.05, 3.63) is 57.6 Å². The van der Waals surface area contributed by atoms with Crippen molar-refractivity contribution >= 4 is 41.0 Å². The van der Waals surface area contributed by atoms with Gasteiger partial charge in [-0.25, -0.2) is 5.43 Å². The molecule has 0 heterocycles. The van der Waals surface area contributed by atoms with Crippen molar-refractivity contribution < 1.29 is 9.90 Å². The molecule has 0 bridgehead atoms. The van der Waals surface area contributed by atoms with Crippen LogP contribution in [0.4, 0.5) is 5.69 Å². The molecule has 7 heteroatoms. The van der Waals surface area contributed by atoms with Crippen LogP contribution in [0.3, 0.4) is 0 Å². The summed E-state index contributed by atoms with van der Waals surface area (Å²) >= 11 is 11.6. The van der Waals surface area contributed by atoms with Gasteiger partial charge in [0.05, 0.1) is 11.2 Å². The largest absolute Gasteiger partial charge is 0.506 e. The Kier molecular flexibility index (Phi) is 5.25. The first-order chi connectivity index (χ1) is 10.5. The summed E-state index contributed by atoms with van der Waals surface area (Å²) in [5.74, 6) is -0.519.